The smallest absolute Gasteiger partial charge is 1.00 e. The van der Waals surface area contributed by atoms with E-state index >= 15 is 0 Å². The summed E-state index contributed by atoms with van der Waals surface area (Å²) in [7, 11) is -1.62. The van der Waals surface area contributed by atoms with Crippen molar-refractivity contribution in [2.24, 2.45) is 5.41 Å². The van der Waals surface area contributed by atoms with Gasteiger partial charge in [0.15, 0.2) is 0 Å². The quantitative estimate of drug-likeness (QED) is 0.105. The van der Waals surface area contributed by atoms with Gasteiger partial charge in [-0.15, -0.1) is 11.8 Å². The maximum absolute atomic E-state index is 14.1. The molecule has 0 unspecified atom stereocenters. The van der Waals surface area contributed by atoms with Gasteiger partial charge in [0, 0.05) is 31.8 Å². The average molecular weight is 820 g/mol. The van der Waals surface area contributed by atoms with Crippen molar-refractivity contribution in [1.29, 1.82) is 0 Å². The maximum Gasteiger partial charge on any atom is 1.00 e. The first-order valence-electron chi connectivity index (χ1n) is 13.6. The molecule has 250 valence electrons. The molecule has 2 N–H and O–H groups in total. The van der Waals surface area contributed by atoms with Crippen LogP contribution in [0.4, 0.5) is 4.79 Å². The molecule has 3 rings (SSSR count). The van der Waals surface area contributed by atoms with Crippen LogP contribution in [0.15, 0.2) is 35.4 Å². The van der Waals surface area contributed by atoms with Gasteiger partial charge in [-0.2, -0.15) is 5.10 Å². The summed E-state index contributed by atoms with van der Waals surface area (Å²) in [6, 6.07) is 4.30. The van der Waals surface area contributed by atoms with E-state index in [0.29, 0.717) is 15.6 Å². The summed E-state index contributed by atoms with van der Waals surface area (Å²) in [4.78, 5) is 52.9. The van der Waals surface area contributed by atoms with Crippen LogP contribution in [0.1, 0.15) is 45.9 Å². The molecule has 1 aliphatic heterocycles. The van der Waals surface area contributed by atoms with E-state index in [0.717, 1.165) is 6.20 Å². The summed E-state index contributed by atoms with van der Waals surface area (Å²) in [5, 5.41) is 8.48. The van der Waals surface area contributed by atoms with Crippen LogP contribution < -0.4 is 85.4 Å². The zero-order valence-corrected chi connectivity index (χ0v) is 34.3. The first kappa shape index (κ1) is 42.8. The molecule has 0 bridgehead atoms. The van der Waals surface area contributed by atoms with Crippen molar-refractivity contribution in [1.82, 2.24) is 24.7 Å². The predicted molar refractivity (Wildman–Crippen MR) is 161 cm³/mol. The van der Waals surface area contributed by atoms with E-state index in [2.05, 4.69) is 15.5 Å². The van der Waals surface area contributed by atoms with Crippen molar-refractivity contribution >= 4 is 45.7 Å². The summed E-state index contributed by atoms with van der Waals surface area (Å²) in [6.45, 7) is 9.27. The number of esters is 2. The van der Waals surface area contributed by atoms with E-state index in [4.69, 9.17) is 14.2 Å². The third-order valence-corrected chi connectivity index (χ3v) is 9.84. The van der Waals surface area contributed by atoms with Crippen molar-refractivity contribution in [3.05, 3.63) is 41.7 Å². The molecular formula is C28H39IKN5O9S2. The Morgan fingerprint density at radius 2 is 1.72 bits per heavy atom. The van der Waals surface area contributed by atoms with Crippen LogP contribution >= 0.6 is 11.8 Å². The van der Waals surface area contributed by atoms with Crippen molar-refractivity contribution in [2.45, 2.75) is 69.8 Å². The zero-order valence-electron chi connectivity index (χ0n) is 27.4. The average Bonchev–Trinajstić information content (AvgIpc) is 3.53. The molecule has 1 fully saturated rings. The number of benzene rings is 1. The number of carbonyl (C=O) groups is 4. The number of sulfonamides is 1. The molecule has 2 aromatic rings. The number of aryl methyl sites for hydroxylation is 1. The molecular weight excluding hydrogens is 780 g/mol. The summed E-state index contributed by atoms with van der Waals surface area (Å²) in [5.41, 5.74) is -0.782. The summed E-state index contributed by atoms with van der Waals surface area (Å²) in [6.07, 6.45) is 0.147. The topological polar surface area (TPSA) is 177 Å². The van der Waals surface area contributed by atoms with Crippen LogP contribution in [-0.2, 0) is 40.3 Å². The van der Waals surface area contributed by atoms with E-state index in [1.165, 1.54) is 61.9 Å². The number of aromatic amines is 1. The number of aromatic nitrogens is 2. The Bertz CT molecular complexity index is 1500. The van der Waals surface area contributed by atoms with E-state index in [1.54, 1.807) is 20.8 Å². The Balaban J connectivity index is 0.00000529. The molecule has 14 nitrogen and oxygen atoms in total. The number of carbonyl (C=O) groups excluding carboxylic acids is 4. The Labute approximate surface area is 333 Å². The van der Waals surface area contributed by atoms with Gasteiger partial charge < -0.3 is 43.1 Å². The number of nitrogens with one attached hydrogen (secondary N) is 2. The van der Waals surface area contributed by atoms with E-state index < -0.39 is 63.1 Å². The summed E-state index contributed by atoms with van der Waals surface area (Å²) < 4.78 is 44.3. The van der Waals surface area contributed by atoms with Crippen molar-refractivity contribution in [3.63, 3.8) is 0 Å². The fraction of sp³-hybridized carbons (Fsp3) is 0.536. The molecule has 1 aromatic heterocycles. The molecule has 0 aliphatic carbocycles. The van der Waals surface area contributed by atoms with Gasteiger partial charge in [0.2, 0.25) is 6.79 Å². The second-order valence-electron chi connectivity index (χ2n) is 12.1. The standard InChI is InChI=1S/C28H39N5O9S2.HI.K/c1-17-21(14-29-31-17)44(38,39)33(23(34)22-30-28(5,6)15-43-22)20(24(35)40-16-41-25(36)27(2,3)4)13-18-9-11-19(12-10-18)42-26(37)32(7)8;;/h9-12,14,20,22,30H,13,15-16H2,1-8H3,(H,29,31);1H;/q;;+1/p-1/t20-,22-;;/m0../s1. The predicted octanol–water partition coefficient (Wildman–Crippen LogP) is -3.55. The molecule has 2 amide bonds. The van der Waals surface area contributed by atoms with Gasteiger partial charge in [-0.05, 0) is 59.2 Å². The number of amides is 2. The zero-order chi connectivity index (χ0) is 33.0. The normalized spacial score (nSPS) is 16.2. The van der Waals surface area contributed by atoms with E-state index in [1.807, 2.05) is 13.8 Å². The SMILES string of the molecule is Cc1[nH]ncc1S(=O)(=O)N(C(=O)[C@H]1NC(C)(C)CS1)[C@@H](Cc1ccc(OC(=O)N(C)C)cc1)C(=O)OCOC(=O)C(C)(C)C.[I-].[K+]. The number of H-pyrrole nitrogens is 1. The van der Waals surface area contributed by atoms with Crippen LogP contribution in [0.5, 0.6) is 5.75 Å². The molecule has 1 saturated heterocycles. The second-order valence-corrected chi connectivity index (χ2v) is 15.0. The summed E-state index contributed by atoms with van der Waals surface area (Å²) in [5.74, 6) is -1.92. The first-order chi connectivity index (χ1) is 20.3. The fourth-order valence-corrected chi connectivity index (χ4v) is 7.01. The number of thioether (sulfide) groups is 1. The molecule has 0 radical (unpaired) electrons. The third kappa shape index (κ3) is 11.1. The molecule has 2 atom stereocenters. The second kappa shape index (κ2) is 17.4. The van der Waals surface area contributed by atoms with Crippen molar-refractivity contribution in [3.8, 4) is 5.75 Å². The maximum atomic E-state index is 14.1. The monoisotopic (exact) mass is 819 g/mol. The van der Waals surface area contributed by atoms with Crippen LogP contribution in [0.25, 0.3) is 0 Å². The first-order valence-corrected chi connectivity index (χ1v) is 16.1. The van der Waals surface area contributed by atoms with Crippen molar-refractivity contribution in [2.75, 3.05) is 26.6 Å². The minimum atomic E-state index is -4.67. The minimum absolute atomic E-state index is 0. The van der Waals surface area contributed by atoms with E-state index in [-0.39, 0.29) is 98.1 Å². The summed E-state index contributed by atoms with van der Waals surface area (Å²) >= 11 is 1.21. The minimum Gasteiger partial charge on any atom is -1.00 e. The number of hydrogen-bond acceptors (Lipinski definition) is 12. The van der Waals surface area contributed by atoms with Crippen LogP contribution in [-0.4, -0.2) is 95.4 Å². The fourth-order valence-electron chi connectivity index (χ4n) is 3.95. The molecule has 0 saturated carbocycles. The van der Waals surface area contributed by atoms with Crippen molar-refractivity contribution < 1.29 is 117 Å². The van der Waals surface area contributed by atoms with Crippen LogP contribution in [0.3, 0.4) is 0 Å². The van der Waals surface area contributed by atoms with Crippen LogP contribution in [0.2, 0.25) is 0 Å². The van der Waals surface area contributed by atoms with Gasteiger partial charge in [0.05, 0.1) is 17.3 Å². The van der Waals surface area contributed by atoms with E-state index in [9.17, 15) is 27.6 Å². The Hall–Kier alpha value is -1.26. The molecule has 1 aliphatic rings. The Kier molecular flexibility index (Phi) is 16.2. The van der Waals surface area contributed by atoms with Gasteiger partial charge >= 0.3 is 69.4 Å². The number of rotatable bonds is 10. The third-order valence-electron chi connectivity index (χ3n) is 6.38. The number of halogens is 1. The number of ether oxygens (including phenoxy) is 3. The molecule has 2 heterocycles. The Morgan fingerprint density at radius 1 is 1.11 bits per heavy atom. The number of nitrogens with zero attached hydrogens (tertiary/aromatic N) is 3. The molecule has 1 aromatic carbocycles. The van der Waals surface area contributed by atoms with Gasteiger partial charge in [-0.1, -0.05) is 12.1 Å². The van der Waals surface area contributed by atoms with Gasteiger partial charge in [-0.25, -0.2) is 22.3 Å². The Morgan fingerprint density at radius 3 is 2.20 bits per heavy atom. The van der Waals surface area contributed by atoms with Crippen LogP contribution in [0, 0.1) is 12.3 Å². The number of hydrogen-bond donors (Lipinski definition) is 2. The molecule has 0 spiro atoms. The van der Waals surface area contributed by atoms with Gasteiger partial charge in [0.25, 0.3) is 15.9 Å². The van der Waals surface area contributed by atoms with Gasteiger partial charge in [0.1, 0.15) is 22.1 Å². The van der Waals surface area contributed by atoms with Gasteiger partial charge in [-0.3, -0.25) is 20.0 Å². The largest absolute Gasteiger partial charge is 1.00 e. The molecule has 46 heavy (non-hydrogen) atoms. The molecule has 18 heteroatoms.